The Morgan fingerprint density at radius 1 is 0.594 bits per heavy atom. The Hall–Kier alpha value is -1.90. The molecule has 1 aliphatic carbocycles. The first kappa shape index (κ1) is 26.4. The van der Waals surface area contributed by atoms with Crippen LogP contribution in [0.15, 0.2) is 36.0 Å². The smallest absolute Gasteiger partial charge is 0.209 e. The Morgan fingerprint density at radius 2 is 1.03 bits per heavy atom. The second-order valence-electron chi connectivity index (χ2n) is 9.38. The van der Waals surface area contributed by atoms with E-state index in [9.17, 15) is 9.59 Å². The van der Waals surface area contributed by atoms with Crippen LogP contribution in [0.5, 0.6) is 0 Å². The van der Waals surface area contributed by atoms with Crippen molar-refractivity contribution in [1.82, 2.24) is 5.32 Å². The summed E-state index contributed by atoms with van der Waals surface area (Å²) >= 11 is 0. The van der Waals surface area contributed by atoms with Crippen LogP contribution in [0.1, 0.15) is 137 Å². The van der Waals surface area contributed by atoms with E-state index in [4.69, 9.17) is 0 Å². The highest BCUT2D eigenvalue weighted by Gasteiger charge is 2.24. The molecule has 0 amide bonds. The molecule has 2 rings (SSSR count). The quantitative estimate of drug-likeness (QED) is 0.221. The Labute approximate surface area is 196 Å². The molecule has 178 valence electrons. The molecule has 32 heavy (non-hydrogen) atoms. The fourth-order valence-electron chi connectivity index (χ4n) is 4.52. The molecule has 0 fully saturated rings. The van der Waals surface area contributed by atoms with Crippen LogP contribution in [0, 0.1) is 0 Å². The van der Waals surface area contributed by atoms with Crippen molar-refractivity contribution in [2.24, 2.45) is 0 Å². The van der Waals surface area contributed by atoms with Gasteiger partial charge in [0.05, 0.1) is 5.70 Å². The number of unbranched alkanes of at least 4 members (excludes halogenated alkanes) is 16. The molecule has 0 saturated carbocycles. The molecule has 1 aromatic rings. The molecule has 0 spiro atoms. The minimum atomic E-state index is -0.0786. The van der Waals surface area contributed by atoms with Gasteiger partial charge in [-0.1, -0.05) is 134 Å². The Kier molecular flexibility index (Phi) is 13.7. The molecule has 0 saturated heterocycles. The second kappa shape index (κ2) is 16.7. The van der Waals surface area contributed by atoms with Gasteiger partial charge in [-0.25, -0.2) is 0 Å². The number of ketones is 2. The van der Waals surface area contributed by atoms with Crippen LogP contribution in [-0.4, -0.2) is 18.1 Å². The van der Waals surface area contributed by atoms with E-state index in [1.54, 1.807) is 18.2 Å². The van der Waals surface area contributed by atoms with Gasteiger partial charge in [-0.15, -0.1) is 0 Å². The lowest BCUT2D eigenvalue weighted by Gasteiger charge is -2.16. The molecule has 0 radical (unpaired) electrons. The van der Waals surface area contributed by atoms with E-state index in [2.05, 4.69) is 12.2 Å². The summed E-state index contributed by atoms with van der Waals surface area (Å²) < 4.78 is 0. The van der Waals surface area contributed by atoms with Crippen molar-refractivity contribution in [2.45, 2.75) is 116 Å². The van der Waals surface area contributed by atoms with Crippen LogP contribution in [0.25, 0.3) is 0 Å². The number of benzene rings is 1. The van der Waals surface area contributed by atoms with Crippen molar-refractivity contribution in [2.75, 3.05) is 6.54 Å². The number of hydrogen-bond donors (Lipinski definition) is 1. The number of Topliss-reactive ketones (excluding diaryl/α,β-unsaturated/α-hetero) is 1. The summed E-state index contributed by atoms with van der Waals surface area (Å²) in [5.74, 6) is -0.141. The number of allylic oxidation sites excluding steroid dienone is 2. The number of hydrogen-bond acceptors (Lipinski definition) is 3. The van der Waals surface area contributed by atoms with Gasteiger partial charge in [0, 0.05) is 23.7 Å². The van der Waals surface area contributed by atoms with Crippen molar-refractivity contribution in [3.63, 3.8) is 0 Å². The zero-order valence-electron chi connectivity index (χ0n) is 20.4. The highest BCUT2D eigenvalue weighted by Crippen LogP contribution is 2.20. The normalized spacial score (nSPS) is 13.2. The van der Waals surface area contributed by atoms with Gasteiger partial charge in [-0.05, 0) is 6.42 Å². The van der Waals surface area contributed by atoms with Crippen LogP contribution >= 0.6 is 0 Å². The average Bonchev–Trinajstić information content (AvgIpc) is 2.81. The summed E-state index contributed by atoms with van der Waals surface area (Å²) in [4.78, 5) is 24.7. The van der Waals surface area contributed by atoms with E-state index in [-0.39, 0.29) is 11.6 Å². The standard InChI is InChI=1S/C29H45NO2/c1-2-3-4-5-6-7-8-9-10-11-12-13-14-15-16-17-20-23-30-27-24-28(31)25-21-18-19-22-26(25)29(27)32/h18-19,21-22,24,30H,2-17,20,23H2,1H3. The third-order valence-corrected chi connectivity index (χ3v) is 6.55. The van der Waals surface area contributed by atoms with E-state index in [0.29, 0.717) is 16.8 Å². The first-order chi connectivity index (χ1) is 15.7. The lowest BCUT2D eigenvalue weighted by molar-refractivity contribution is 0.0978. The van der Waals surface area contributed by atoms with E-state index >= 15 is 0 Å². The maximum absolute atomic E-state index is 12.5. The number of nitrogens with one attached hydrogen (secondary N) is 1. The SMILES string of the molecule is CCCCCCCCCCCCCCCCCCCNC1=CC(=O)c2ccccc2C1=O. The van der Waals surface area contributed by atoms with Gasteiger partial charge in [0.25, 0.3) is 0 Å². The average molecular weight is 440 g/mol. The van der Waals surface area contributed by atoms with Crippen LogP contribution in [-0.2, 0) is 0 Å². The molecular weight excluding hydrogens is 394 g/mol. The highest BCUT2D eigenvalue weighted by molar-refractivity contribution is 6.24. The predicted octanol–water partition coefficient (Wildman–Crippen LogP) is 8.19. The molecule has 0 aliphatic heterocycles. The van der Waals surface area contributed by atoms with Gasteiger partial charge >= 0.3 is 0 Å². The van der Waals surface area contributed by atoms with Gasteiger partial charge in [0.2, 0.25) is 5.78 Å². The van der Waals surface area contributed by atoms with Gasteiger partial charge in [-0.3, -0.25) is 9.59 Å². The zero-order chi connectivity index (χ0) is 22.9. The summed E-state index contributed by atoms with van der Waals surface area (Å²) in [6.07, 6.45) is 24.5. The Bertz CT molecular complexity index is 707. The lowest BCUT2D eigenvalue weighted by Crippen LogP contribution is -2.27. The van der Waals surface area contributed by atoms with Gasteiger partial charge in [0.1, 0.15) is 0 Å². The third-order valence-electron chi connectivity index (χ3n) is 6.55. The summed E-state index contributed by atoms with van der Waals surface area (Å²) in [7, 11) is 0. The summed E-state index contributed by atoms with van der Waals surface area (Å²) in [5, 5.41) is 3.19. The lowest BCUT2D eigenvalue weighted by atomic mass is 9.93. The maximum atomic E-state index is 12.5. The fourth-order valence-corrected chi connectivity index (χ4v) is 4.52. The predicted molar refractivity (Wildman–Crippen MR) is 135 cm³/mol. The first-order valence-electron chi connectivity index (χ1n) is 13.4. The van der Waals surface area contributed by atoms with E-state index in [1.807, 2.05) is 6.07 Å². The summed E-state index contributed by atoms with van der Waals surface area (Å²) in [6.45, 7) is 3.04. The van der Waals surface area contributed by atoms with Gasteiger partial charge in [-0.2, -0.15) is 0 Å². The molecule has 0 heterocycles. The van der Waals surface area contributed by atoms with E-state index in [0.717, 1.165) is 13.0 Å². The van der Waals surface area contributed by atoms with Crippen LogP contribution < -0.4 is 5.32 Å². The van der Waals surface area contributed by atoms with Crippen molar-refractivity contribution in [3.05, 3.63) is 47.2 Å². The monoisotopic (exact) mass is 439 g/mol. The molecule has 1 aliphatic rings. The molecule has 1 N–H and O–H groups in total. The van der Waals surface area contributed by atoms with Crippen LogP contribution in [0.4, 0.5) is 0 Å². The van der Waals surface area contributed by atoms with Crippen LogP contribution in [0.3, 0.4) is 0 Å². The number of carbonyl (C=O) groups excluding carboxylic acids is 2. The van der Waals surface area contributed by atoms with Crippen molar-refractivity contribution < 1.29 is 9.59 Å². The zero-order valence-corrected chi connectivity index (χ0v) is 20.4. The number of rotatable bonds is 19. The van der Waals surface area contributed by atoms with Crippen LogP contribution in [0.2, 0.25) is 0 Å². The molecule has 1 aromatic carbocycles. The van der Waals surface area contributed by atoms with Crippen molar-refractivity contribution in [1.29, 1.82) is 0 Å². The minimum Gasteiger partial charge on any atom is -0.382 e. The van der Waals surface area contributed by atoms with Gasteiger partial charge < -0.3 is 5.32 Å². The van der Waals surface area contributed by atoms with Crippen molar-refractivity contribution >= 4 is 11.6 Å². The minimum absolute atomic E-state index is 0.0628. The molecule has 0 aromatic heterocycles. The van der Waals surface area contributed by atoms with Crippen molar-refractivity contribution in [3.8, 4) is 0 Å². The Balaban J connectivity index is 1.37. The molecule has 3 nitrogen and oxygen atoms in total. The van der Waals surface area contributed by atoms with E-state index in [1.165, 1.54) is 109 Å². The summed E-state index contributed by atoms with van der Waals surface area (Å²) in [6, 6.07) is 7.07. The second-order valence-corrected chi connectivity index (χ2v) is 9.38. The molecule has 0 unspecified atom stereocenters. The highest BCUT2D eigenvalue weighted by atomic mass is 16.1. The molecular formula is C29H45NO2. The van der Waals surface area contributed by atoms with E-state index < -0.39 is 0 Å². The molecule has 3 heteroatoms. The maximum Gasteiger partial charge on any atom is 0.209 e. The first-order valence-corrected chi connectivity index (χ1v) is 13.4. The largest absolute Gasteiger partial charge is 0.382 e. The molecule has 0 atom stereocenters. The van der Waals surface area contributed by atoms with Gasteiger partial charge in [0.15, 0.2) is 5.78 Å². The molecule has 0 bridgehead atoms. The summed E-state index contributed by atoms with van der Waals surface area (Å²) in [5.41, 5.74) is 1.48. The number of carbonyl (C=O) groups is 2. The fraction of sp³-hybridized carbons (Fsp3) is 0.655. The number of fused-ring (bicyclic) bond motifs is 1. The Morgan fingerprint density at radius 3 is 1.53 bits per heavy atom. The third kappa shape index (κ3) is 10.1. The topological polar surface area (TPSA) is 46.2 Å².